The first-order chi connectivity index (χ1) is 11.8. The van der Waals surface area contributed by atoms with Gasteiger partial charge in [0.1, 0.15) is 12.4 Å². The van der Waals surface area contributed by atoms with Crippen LogP contribution in [0.5, 0.6) is 0 Å². The van der Waals surface area contributed by atoms with Gasteiger partial charge in [-0.3, -0.25) is 4.79 Å². The van der Waals surface area contributed by atoms with E-state index in [9.17, 15) is 13.2 Å². The van der Waals surface area contributed by atoms with Gasteiger partial charge in [0.2, 0.25) is 10.0 Å². The van der Waals surface area contributed by atoms with Crippen LogP contribution in [0.1, 0.15) is 22.3 Å². The van der Waals surface area contributed by atoms with Crippen LogP contribution >= 0.6 is 11.6 Å². The van der Waals surface area contributed by atoms with E-state index in [2.05, 4.69) is 5.32 Å². The number of fused-ring (bicyclic) bond motifs is 2. The number of nitrogens with one attached hydrogen (secondary N) is 1. The molecule has 6 nitrogen and oxygen atoms in total. The van der Waals surface area contributed by atoms with Crippen LogP contribution in [0.2, 0.25) is 5.02 Å². The van der Waals surface area contributed by atoms with Crippen molar-refractivity contribution in [2.45, 2.75) is 12.4 Å². The van der Waals surface area contributed by atoms with E-state index < -0.39 is 10.0 Å². The lowest BCUT2D eigenvalue weighted by Gasteiger charge is -2.07. The highest BCUT2D eigenvalue weighted by atomic mass is 35.5. The maximum Gasteiger partial charge on any atom is 0.260 e. The number of rotatable bonds is 2. The molecule has 0 saturated carbocycles. The fourth-order valence-electron chi connectivity index (χ4n) is 3.08. The highest BCUT2D eigenvalue weighted by Crippen LogP contribution is 2.42. The Morgan fingerprint density at radius 3 is 2.72 bits per heavy atom. The van der Waals surface area contributed by atoms with Crippen molar-refractivity contribution < 1.29 is 17.9 Å². The fraction of sp³-hybridized carbons (Fsp3) is 0.118. The lowest BCUT2D eigenvalue weighted by molar-refractivity contribution is -0.110. The molecular formula is C17H13ClN2O4S. The molecule has 2 aliphatic rings. The number of hydrogen-bond donors (Lipinski definition) is 2. The highest BCUT2D eigenvalue weighted by molar-refractivity contribution is 7.88. The summed E-state index contributed by atoms with van der Waals surface area (Å²) >= 11 is 6.06. The van der Waals surface area contributed by atoms with Crippen LogP contribution in [-0.4, -0.2) is 14.3 Å². The maximum absolute atomic E-state index is 12.4. The zero-order valence-electron chi connectivity index (χ0n) is 12.9. The van der Waals surface area contributed by atoms with Gasteiger partial charge in [-0.2, -0.15) is 0 Å². The quantitative estimate of drug-likeness (QED) is 0.786. The van der Waals surface area contributed by atoms with E-state index in [1.807, 2.05) is 0 Å². The van der Waals surface area contributed by atoms with E-state index in [0.29, 0.717) is 45.3 Å². The topological polar surface area (TPSA) is 98.5 Å². The summed E-state index contributed by atoms with van der Waals surface area (Å²) in [5, 5.41) is 8.41. The standard InChI is InChI=1S/C17H13ClN2O4S/c18-11-3-4-14-13(6-11)15(17(21)20-14)16-12-5-9(8-25(19,22)23)1-2-10(12)7-24-16/h1-6H,7-8H2,(H,20,21)(H2,19,22,23)/b16-15-. The minimum absolute atomic E-state index is 0.280. The molecule has 0 radical (unpaired) electrons. The van der Waals surface area contributed by atoms with Gasteiger partial charge >= 0.3 is 0 Å². The number of carbonyl (C=O) groups excluding carboxylic acids is 1. The molecule has 2 aliphatic heterocycles. The van der Waals surface area contributed by atoms with Crippen LogP contribution in [-0.2, 0) is 31.9 Å². The summed E-state index contributed by atoms with van der Waals surface area (Å²) in [5.74, 6) is -0.140. The van der Waals surface area contributed by atoms with E-state index in [1.54, 1.807) is 36.4 Å². The molecule has 0 aromatic heterocycles. The van der Waals surface area contributed by atoms with E-state index in [0.717, 1.165) is 5.56 Å². The fourth-order valence-corrected chi connectivity index (χ4v) is 3.90. The number of ether oxygens (including phenoxy) is 1. The average molecular weight is 377 g/mol. The third-order valence-electron chi connectivity index (χ3n) is 4.11. The van der Waals surface area contributed by atoms with Crippen molar-refractivity contribution in [2.75, 3.05) is 5.32 Å². The molecular weight excluding hydrogens is 364 g/mol. The molecule has 128 valence electrons. The Hall–Kier alpha value is -2.35. The Kier molecular flexibility index (Phi) is 3.61. The van der Waals surface area contributed by atoms with Gasteiger partial charge in [0.05, 0.1) is 11.3 Å². The van der Waals surface area contributed by atoms with Gasteiger partial charge in [0.15, 0.2) is 0 Å². The molecule has 0 bridgehead atoms. The normalized spacial score (nSPS) is 18.6. The Balaban J connectivity index is 1.88. The van der Waals surface area contributed by atoms with Gasteiger partial charge in [-0.1, -0.05) is 23.7 Å². The van der Waals surface area contributed by atoms with Crippen LogP contribution in [0.15, 0.2) is 36.4 Å². The molecule has 3 N–H and O–H groups in total. The highest BCUT2D eigenvalue weighted by Gasteiger charge is 2.32. The Labute approximate surface area is 149 Å². The first kappa shape index (κ1) is 16.1. The zero-order valence-corrected chi connectivity index (χ0v) is 14.4. The van der Waals surface area contributed by atoms with Gasteiger partial charge in [-0.15, -0.1) is 0 Å². The second-order valence-corrected chi connectivity index (χ2v) is 7.99. The average Bonchev–Trinajstić information content (AvgIpc) is 3.05. The van der Waals surface area contributed by atoms with Crippen molar-refractivity contribution in [1.29, 1.82) is 0 Å². The molecule has 0 fully saturated rings. The summed E-state index contributed by atoms with van der Waals surface area (Å²) < 4.78 is 28.4. The molecule has 8 heteroatoms. The molecule has 2 heterocycles. The van der Waals surface area contributed by atoms with Gasteiger partial charge < -0.3 is 10.1 Å². The Morgan fingerprint density at radius 1 is 1.16 bits per heavy atom. The van der Waals surface area contributed by atoms with Crippen LogP contribution in [0.4, 0.5) is 5.69 Å². The van der Waals surface area contributed by atoms with E-state index >= 15 is 0 Å². The van der Waals surface area contributed by atoms with Crippen molar-refractivity contribution in [3.63, 3.8) is 0 Å². The minimum atomic E-state index is -3.65. The monoisotopic (exact) mass is 376 g/mol. The summed E-state index contributed by atoms with van der Waals surface area (Å²) in [6.45, 7) is 0.313. The van der Waals surface area contributed by atoms with Crippen LogP contribution in [0, 0.1) is 0 Å². The third kappa shape index (κ3) is 2.90. The molecule has 0 saturated heterocycles. The first-order valence-electron chi connectivity index (χ1n) is 7.43. The number of nitrogens with two attached hydrogens (primary N) is 1. The SMILES string of the molecule is NS(=O)(=O)Cc1ccc2c(c1)/C(=C1/C(=O)Nc3ccc(Cl)cc31)OC2. The van der Waals surface area contributed by atoms with Crippen molar-refractivity contribution in [3.8, 4) is 0 Å². The largest absolute Gasteiger partial charge is 0.487 e. The third-order valence-corrected chi connectivity index (χ3v) is 5.08. The van der Waals surface area contributed by atoms with Crippen LogP contribution in [0.3, 0.4) is 0 Å². The number of amides is 1. The Morgan fingerprint density at radius 2 is 1.96 bits per heavy atom. The summed E-state index contributed by atoms with van der Waals surface area (Å²) in [4.78, 5) is 12.4. The second-order valence-electron chi connectivity index (χ2n) is 5.94. The number of sulfonamides is 1. The van der Waals surface area contributed by atoms with Gasteiger partial charge in [-0.05, 0) is 29.8 Å². The van der Waals surface area contributed by atoms with Crippen LogP contribution < -0.4 is 10.5 Å². The summed E-state index contributed by atoms with van der Waals surface area (Å²) in [6, 6.07) is 10.3. The molecule has 2 aromatic rings. The second kappa shape index (κ2) is 5.59. The van der Waals surface area contributed by atoms with E-state index in [4.69, 9.17) is 21.5 Å². The number of benzene rings is 2. The van der Waals surface area contributed by atoms with Gasteiger partial charge in [-0.25, -0.2) is 13.6 Å². The van der Waals surface area contributed by atoms with Crippen molar-refractivity contribution in [1.82, 2.24) is 0 Å². The molecule has 25 heavy (non-hydrogen) atoms. The lowest BCUT2D eigenvalue weighted by Crippen LogP contribution is -2.14. The number of anilines is 1. The number of halogens is 1. The lowest BCUT2D eigenvalue weighted by atomic mass is 9.99. The molecule has 0 aliphatic carbocycles. The van der Waals surface area contributed by atoms with E-state index in [-0.39, 0.29) is 11.7 Å². The predicted molar refractivity (Wildman–Crippen MR) is 94.9 cm³/mol. The van der Waals surface area contributed by atoms with E-state index in [1.165, 1.54) is 0 Å². The summed E-state index contributed by atoms with van der Waals surface area (Å²) in [5.41, 5.74) is 3.83. The molecule has 0 atom stereocenters. The number of carbonyl (C=O) groups is 1. The minimum Gasteiger partial charge on any atom is -0.487 e. The summed E-state index contributed by atoms with van der Waals surface area (Å²) in [6.07, 6.45) is 0. The zero-order chi connectivity index (χ0) is 17.8. The van der Waals surface area contributed by atoms with Crippen molar-refractivity contribution in [3.05, 3.63) is 63.7 Å². The summed E-state index contributed by atoms with van der Waals surface area (Å²) in [7, 11) is -3.65. The molecule has 0 unspecified atom stereocenters. The molecule has 1 amide bonds. The smallest absolute Gasteiger partial charge is 0.260 e. The van der Waals surface area contributed by atoms with Crippen LogP contribution in [0.25, 0.3) is 11.3 Å². The maximum atomic E-state index is 12.4. The number of primary sulfonamides is 1. The predicted octanol–water partition coefficient (Wildman–Crippen LogP) is 2.48. The van der Waals surface area contributed by atoms with Crippen molar-refractivity contribution >= 4 is 44.6 Å². The molecule has 2 aromatic carbocycles. The molecule has 4 rings (SSSR count). The number of hydrogen-bond acceptors (Lipinski definition) is 4. The first-order valence-corrected chi connectivity index (χ1v) is 9.52. The Bertz CT molecular complexity index is 1060. The van der Waals surface area contributed by atoms with Gasteiger partial charge in [0, 0.05) is 27.4 Å². The molecule has 0 spiro atoms. The van der Waals surface area contributed by atoms with Crippen molar-refractivity contribution in [2.24, 2.45) is 5.14 Å². The van der Waals surface area contributed by atoms with Gasteiger partial charge in [0.25, 0.3) is 5.91 Å².